The van der Waals surface area contributed by atoms with Crippen molar-refractivity contribution in [3.63, 3.8) is 0 Å². The zero-order chi connectivity index (χ0) is 12.8. The van der Waals surface area contributed by atoms with E-state index in [1.807, 2.05) is 16.8 Å². The van der Waals surface area contributed by atoms with E-state index in [1.54, 1.807) is 0 Å². The van der Waals surface area contributed by atoms with Gasteiger partial charge in [0.2, 0.25) is 0 Å². The normalized spacial score (nSPS) is 21.9. The Hall–Kier alpha value is -0.770. The van der Waals surface area contributed by atoms with E-state index < -0.39 is 0 Å². The molecule has 2 saturated heterocycles. The van der Waals surface area contributed by atoms with Gasteiger partial charge in [0.05, 0.1) is 0 Å². The van der Waals surface area contributed by atoms with E-state index in [0.29, 0.717) is 0 Å². The molecule has 2 heterocycles. The Bertz CT molecular complexity index is 258. The summed E-state index contributed by atoms with van der Waals surface area (Å²) in [6, 6.07) is 0.239. The zero-order valence-corrected chi connectivity index (χ0v) is 11.7. The third-order valence-corrected chi connectivity index (χ3v) is 4.28. The number of piperidine rings is 2. The van der Waals surface area contributed by atoms with Crippen molar-refractivity contribution in [1.29, 1.82) is 0 Å². The van der Waals surface area contributed by atoms with Crippen LogP contribution >= 0.6 is 0 Å². The molecule has 0 spiro atoms. The molecule has 18 heavy (non-hydrogen) atoms. The SMILES string of the molecule is CN(CCC1CCNCC1)C(=O)N1CCCCC1. The molecule has 0 aromatic heterocycles. The van der Waals surface area contributed by atoms with E-state index in [-0.39, 0.29) is 6.03 Å². The predicted octanol–water partition coefficient (Wildman–Crippen LogP) is 1.91. The third kappa shape index (κ3) is 3.87. The lowest BCUT2D eigenvalue weighted by atomic mass is 9.94. The van der Waals surface area contributed by atoms with Crippen LogP contribution in [0.5, 0.6) is 0 Å². The van der Waals surface area contributed by atoms with Crippen LogP contribution in [0, 0.1) is 5.92 Å². The van der Waals surface area contributed by atoms with Crippen molar-refractivity contribution in [2.75, 3.05) is 39.8 Å². The van der Waals surface area contributed by atoms with Crippen LogP contribution in [-0.4, -0.2) is 55.6 Å². The van der Waals surface area contributed by atoms with Crippen LogP contribution in [0.2, 0.25) is 0 Å². The fourth-order valence-electron chi connectivity index (χ4n) is 2.97. The van der Waals surface area contributed by atoms with Gasteiger partial charge in [0.1, 0.15) is 0 Å². The van der Waals surface area contributed by atoms with E-state index in [0.717, 1.165) is 45.1 Å². The van der Waals surface area contributed by atoms with Crippen molar-refractivity contribution in [1.82, 2.24) is 15.1 Å². The molecule has 2 aliphatic heterocycles. The molecule has 2 rings (SSSR count). The Morgan fingerprint density at radius 3 is 2.56 bits per heavy atom. The first-order valence-electron chi connectivity index (χ1n) is 7.48. The summed E-state index contributed by atoms with van der Waals surface area (Å²) in [6.07, 6.45) is 7.33. The molecule has 0 unspecified atom stereocenters. The lowest BCUT2D eigenvalue weighted by Gasteiger charge is -2.32. The highest BCUT2D eigenvalue weighted by atomic mass is 16.2. The van der Waals surface area contributed by atoms with E-state index in [4.69, 9.17) is 0 Å². The van der Waals surface area contributed by atoms with Crippen molar-refractivity contribution in [2.45, 2.75) is 38.5 Å². The van der Waals surface area contributed by atoms with Gasteiger partial charge in [-0.3, -0.25) is 0 Å². The largest absolute Gasteiger partial charge is 0.328 e. The van der Waals surface area contributed by atoms with Gasteiger partial charge < -0.3 is 15.1 Å². The number of nitrogens with one attached hydrogen (secondary N) is 1. The van der Waals surface area contributed by atoms with Gasteiger partial charge in [-0.2, -0.15) is 0 Å². The van der Waals surface area contributed by atoms with Crippen molar-refractivity contribution in [2.24, 2.45) is 5.92 Å². The lowest BCUT2D eigenvalue weighted by Crippen LogP contribution is -2.44. The number of carbonyl (C=O) groups excluding carboxylic acids is 1. The van der Waals surface area contributed by atoms with Gasteiger partial charge in [0.15, 0.2) is 0 Å². The van der Waals surface area contributed by atoms with E-state index in [9.17, 15) is 4.79 Å². The quantitative estimate of drug-likeness (QED) is 0.834. The molecule has 0 aromatic rings. The summed E-state index contributed by atoms with van der Waals surface area (Å²) in [7, 11) is 1.96. The summed E-state index contributed by atoms with van der Waals surface area (Å²) in [5, 5.41) is 3.39. The van der Waals surface area contributed by atoms with Gasteiger partial charge in [-0.25, -0.2) is 4.79 Å². The fourth-order valence-corrected chi connectivity index (χ4v) is 2.97. The maximum Gasteiger partial charge on any atom is 0.319 e. The summed E-state index contributed by atoms with van der Waals surface area (Å²) >= 11 is 0. The molecule has 1 N–H and O–H groups in total. The molecule has 4 heteroatoms. The molecule has 0 saturated carbocycles. The number of hydrogen-bond donors (Lipinski definition) is 1. The summed E-state index contributed by atoms with van der Waals surface area (Å²) in [5.41, 5.74) is 0. The number of urea groups is 1. The standard InChI is InChI=1S/C14H27N3O/c1-16(12-7-13-5-8-15-9-6-13)14(18)17-10-3-2-4-11-17/h13,15H,2-12H2,1H3. The molecular formula is C14H27N3O. The van der Waals surface area contributed by atoms with Crippen molar-refractivity contribution >= 4 is 6.03 Å². The molecule has 2 aliphatic rings. The van der Waals surface area contributed by atoms with E-state index in [2.05, 4.69) is 5.32 Å². The minimum atomic E-state index is 0.239. The number of amides is 2. The summed E-state index contributed by atoms with van der Waals surface area (Å²) in [4.78, 5) is 16.2. The highest BCUT2D eigenvalue weighted by Crippen LogP contribution is 2.17. The van der Waals surface area contributed by atoms with Crippen LogP contribution < -0.4 is 5.32 Å². The third-order valence-electron chi connectivity index (χ3n) is 4.28. The van der Waals surface area contributed by atoms with Gasteiger partial charge in [0, 0.05) is 26.7 Å². The maximum absolute atomic E-state index is 12.2. The smallest absolute Gasteiger partial charge is 0.319 e. The molecule has 0 aliphatic carbocycles. The zero-order valence-electron chi connectivity index (χ0n) is 11.7. The Labute approximate surface area is 111 Å². The van der Waals surface area contributed by atoms with Crippen LogP contribution in [0.25, 0.3) is 0 Å². The van der Waals surface area contributed by atoms with Crippen LogP contribution in [-0.2, 0) is 0 Å². The molecule has 0 bridgehead atoms. The summed E-state index contributed by atoms with van der Waals surface area (Å²) < 4.78 is 0. The molecule has 2 amide bonds. The number of rotatable bonds is 3. The number of carbonyl (C=O) groups is 1. The summed E-state index contributed by atoms with van der Waals surface area (Å²) in [5.74, 6) is 0.808. The Morgan fingerprint density at radius 2 is 1.89 bits per heavy atom. The van der Waals surface area contributed by atoms with Crippen LogP contribution in [0.1, 0.15) is 38.5 Å². The lowest BCUT2D eigenvalue weighted by molar-refractivity contribution is 0.149. The average molecular weight is 253 g/mol. The summed E-state index contributed by atoms with van der Waals surface area (Å²) in [6.45, 7) is 5.12. The average Bonchev–Trinajstić information content (AvgIpc) is 2.46. The minimum Gasteiger partial charge on any atom is -0.328 e. The topological polar surface area (TPSA) is 35.6 Å². The molecule has 2 fully saturated rings. The monoisotopic (exact) mass is 253 g/mol. The van der Waals surface area contributed by atoms with E-state index >= 15 is 0 Å². The van der Waals surface area contributed by atoms with Gasteiger partial charge in [0.25, 0.3) is 0 Å². The first-order chi connectivity index (χ1) is 8.77. The molecule has 4 nitrogen and oxygen atoms in total. The maximum atomic E-state index is 12.2. The van der Waals surface area contributed by atoms with Crippen molar-refractivity contribution in [3.05, 3.63) is 0 Å². The molecule has 0 atom stereocenters. The minimum absolute atomic E-state index is 0.239. The first-order valence-corrected chi connectivity index (χ1v) is 7.48. The van der Waals surface area contributed by atoms with Crippen LogP contribution in [0.15, 0.2) is 0 Å². The van der Waals surface area contributed by atoms with Gasteiger partial charge in [-0.05, 0) is 57.5 Å². The fraction of sp³-hybridized carbons (Fsp3) is 0.929. The van der Waals surface area contributed by atoms with Gasteiger partial charge >= 0.3 is 6.03 Å². The van der Waals surface area contributed by atoms with Crippen LogP contribution in [0.4, 0.5) is 4.79 Å². The highest BCUT2D eigenvalue weighted by Gasteiger charge is 2.21. The Kier molecular flexibility index (Phi) is 5.29. The number of likely N-dealkylation sites (tertiary alicyclic amines) is 1. The second-order valence-corrected chi connectivity index (χ2v) is 5.73. The molecule has 104 valence electrons. The van der Waals surface area contributed by atoms with Gasteiger partial charge in [-0.15, -0.1) is 0 Å². The Balaban J connectivity index is 1.69. The molecule has 0 radical (unpaired) electrons. The second kappa shape index (κ2) is 6.98. The Morgan fingerprint density at radius 1 is 1.22 bits per heavy atom. The van der Waals surface area contributed by atoms with Gasteiger partial charge in [-0.1, -0.05) is 0 Å². The first kappa shape index (κ1) is 13.7. The van der Waals surface area contributed by atoms with Crippen molar-refractivity contribution < 1.29 is 4.79 Å². The number of nitrogens with zero attached hydrogens (tertiary/aromatic N) is 2. The molecular weight excluding hydrogens is 226 g/mol. The van der Waals surface area contributed by atoms with Crippen LogP contribution in [0.3, 0.4) is 0 Å². The number of hydrogen-bond acceptors (Lipinski definition) is 2. The molecule has 0 aromatic carbocycles. The van der Waals surface area contributed by atoms with Crippen molar-refractivity contribution in [3.8, 4) is 0 Å². The highest BCUT2D eigenvalue weighted by molar-refractivity contribution is 5.74. The second-order valence-electron chi connectivity index (χ2n) is 5.73. The predicted molar refractivity (Wildman–Crippen MR) is 73.7 cm³/mol. The van der Waals surface area contributed by atoms with E-state index in [1.165, 1.54) is 32.1 Å².